The summed E-state index contributed by atoms with van der Waals surface area (Å²) < 4.78 is 50.0. The highest BCUT2D eigenvalue weighted by molar-refractivity contribution is 5.85. The third kappa shape index (κ3) is 16.5. The lowest BCUT2D eigenvalue weighted by Crippen LogP contribution is -2.29. The van der Waals surface area contributed by atoms with Gasteiger partial charge in [-0.05, 0) is 205 Å². The fourth-order valence-electron chi connectivity index (χ4n) is 11.3. The van der Waals surface area contributed by atoms with Crippen LogP contribution in [0, 0.1) is 66.8 Å². The van der Waals surface area contributed by atoms with Gasteiger partial charge in [0.1, 0.15) is 34.9 Å². The molecule has 13 N–H and O–H groups in total. The Kier molecular flexibility index (Phi) is 22.2. The largest absolute Gasteiger partial charge is 0.504 e. The summed E-state index contributed by atoms with van der Waals surface area (Å²) in [6.07, 6.45) is 26.0. The third-order valence-electron chi connectivity index (χ3n) is 16.6. The Labute approximate surface area is 591 Å². The van der Waals surface area contributed by atoms with Gasteiger partial charge in [0.15, 0.2) is 46.0 Å². The summed E-state index contributed by atoms with van der Waals surface area (Å²) in [6.45, 7) is 2.19. The van der Waals surface area contributed by atoms with Crippen molar-refractivity contribution in [1.29, 1.82) is 0 Å². The van der Waals surface area contributed by atoms with Crippen LogP contribution in [0.15, 0.2) is 199 Å². The molecular formula is C83H65F3N8O9. The topological polar surface area (TPSA) is 293 Å². The number of phenolic OH excluding ortho intramolecular Hbond substituents is 6. The van der Waals surface area contributed by atoms with Gasteiger partial charge in [-0.15, -0.1) is 25.7 Å². The number of methoxy groups -OCH3 is 2. The number of aromatic hydroxyl groups is 6. The Morgan fingerprint density at radius 1 is 0.388 bits per heavy atom. The number of piperidine rings is 1. The maximum atomic E-state index is 13.2. The number of nitrogens with one attached hydrogen (secondary N) is 1. The van der Waals surface area contributed by atoms with Gasteiger partial charge in [0.05, 0.1) is 53.6 Å². The standard InChI is InChI=1S/C24H23N3O2.C21H17FN2O2.C19H13FN2O2.C19H12FNO3/c1-2-19-20(17-8-11-22(28)23(29)14-17)15-21(26-24(19)25)16-6-9-18(10-7-16)27-12-4-3-5-13-27;1-4-16-17(14-7-10-19(25-2)20(11-14)26-3)12-18(24-21(16)23)13-5-8-15(22)9-6-13;1-2-14-15(12-5-8-17(23)18(24)9-12)10-16(22-19(14)21)11-3-6-13(20)7-4-11;1-2-14-15(12-5-8-17(22)18(23)9-12)10-16(21-19(14)24)11-3-6-13(20)7-4-11/h1,6-11,14-15,28-29H,3-5,12-13H2,(H2,25,26);1,5-12H,2-3H3,(H2,23,24);1,3-10,23-24H,(H2,21,22);1,3-10,22-23H,(H,21,24). The summed E-state index contributed by atoms with van der Waals surface area (Å²) in [6, 6.07) is 51.5. The van der Waals surface area contributed by atoms with Crippen molar-refractivity contribution in [3.05, 3.63) is 244 Å². The second-order valence-corrected chi connectivity index (χ2v) is 23.1. The molecule has 0 unspecified atom stereocenters. The first kappa shape index (κ1) is 71.6. The fraction of sp³-hybridized carbons (Fsp3) is 0.0843. The molecule has 1 aliphatic heterocycles. The van der Waals surface area contributed by atoms with Crippen LogP contribution >= 0.6 is 0 Å². The lowest BCUT2D eigenvalue weighted by molar-refractivity contribution is 0.355. The third-order valence-corrected chi connectivity index (χ3v) is 16.6. The minimum Gasteiger partial charge on any atom is -0.504 e. The van der Waals surface area contributed by atoms with Crippen LogP contribution in [0.2, 0.25) is 0 Å². The van der Waals surface area contributed by atoms with Crippen LogP contribution < -0.4 is 37.1 Å². The minimum absolute atomic E-state index is 0.103. The van der Waals surface area contributed by atoms with Crippen LogP contribution in [0.3, 0.4) is 0 Å². The van der Waals surface area contributed by atoms with E-state index in [4.69, 9.17) is 52.4 Å². The van der Waals surface area contributed by atoms with Gasteiger partial charge >= 0.3 is 0 Å². The molecular weight excluding hydrogens is 1310 g/mol. The molecule has 103 heavy (non-hydrogen) atoms. The van der Waals surface area contributed by atoms with Gasteiger partial charge in [-0.2, -0.15) is 0 Å². The lowest BCUT2D eigenvalue weighted by atomic mass is 9.97. The van der Waals surface area contributed by atoms with Crippen LogP contribution in [0.4, 0.5) is 36.3 Å². The zero-order chi connectivity index (χ0) is 73.6. The molecule has 12 aromatic rings. The summed E-state index contributed by atoms with van der Waals surface area (Å²) in [5.74, 6) is 9.29. The number of terminal acetylenes is 4. The van der Waals surface area contributed by atoms with Crippen LogP contribution in [0.25, 0.3) is 89.5 Å². The molecule has 0 atom stereocenters. The van der Waals surface area contributed by atoms with Crippen molar-refractivity contribution in [2.24, 2.45) is 0 Å². The SMILES string of the molecule is C#Cc1c(-c2ccc(O)c(O)c2)cc(-c2ccc(F)cc2)[nH]c1=O.C#Cc1c(-c2ccc(O)c(O)c2)cc(-c2ccc(F)cc2)nc1N.C#Cc1c(-c2ccc(O)c(O)c2)cc(-c2ccc(N3CCCCC3)cc2)nc1N.C#Cc1c(-c2ccc(OC)c(OC)c2)cc(-c2ccc(F)cc2)nc1N. The van der Waals surface area contributed by atoms with Crippen LogP contribution in [0.1, 0.15) is 41.5 Å². The lowest BCUT2D eigenvalue weighted by Gasteiger charge is -2.28. The zero-order valence-electron chi connectivity index (χ0n) is 55.4. The van der Waals surface area contributed by atoms with Crippen molar-refractivity contribution < 1.29 is 53.3 Å². The van der Waals surface area contributed by atoms with Crippen LogP contribution in [-0.2, 0) is 0 Å². The second-order valence-electron chi connectivity index (χ2n) is 23.1. The number of phenols is 6. The van der Waals surface area contributed by atoms with Gasteiger partial charge in [-0.25, -0.2) is 28.1 Å². The smallest absolute Gasteiger partial charge is 0.264 e. The number of nitrogens with two attached hydrogens (primary N) is 3. The second kappa shape index (κ2) is 32.0. The number of anilines is 4. The zero-order valence-corrected chi connectivity index (χ0v) is 55.4. The van der Waals surface area contributed by atoms with Crippen molar-refractivity contribution in [3.63, 3.8) is 0 Å². The average molecular weight is 1380 g/mol. The molecule has 0 aliphatic carbocycles. The van der Waals surface area contributed by atoms with E-state index in [1.54, 1.807) is 74.9 Å². The molecule has 8 aromatic carbocycles. The first-order chi connectivity index (χ1) is 49.6. The normalized spacial score (nSPS) is 11.3. The van der Waals surface area contributed by atoms with E-state index < -0.39 is 5.56 Å². The number of nitrogens with zero attached hydrogens (tertiary/aromatic N) is 4. The molecule has 0 spiro atoms. The molecule has 1 saturated heterocycles. The Morgan fingerprint density at radius 3 is 1.06 bits per heavy atom. The Hall–Kier alpha value is -14.2. The Balaban J connectivity index is 0.000000148. The molecule has 1 fully saturated rings. The first-order valence-corrected chi connectivity index (χ1v) is 31.6. The first-order valence-electron chi connectivity index (χ1n) is 31.6. The van der Waals surface area contributed by atoms with Crippen molar-refractivity contribution >= 4 is 23.1 Å². The molecule has 4 aromatic heterocycles. The number of pyridine rings is 4. The van der Waals surface area contributed by atoms with E-state index in [-0.39, 0.29) is 75.0 Å². The van der Waals surface area contributed by atoms with Gasteiger partial charge in [0, 0.05) is 63.4 Å². The molecule has 0 saturated carbocycles. The van der Waals surface area contributed by atoms with Gasteiger partial charge in [0.2, 0.25) is 0 Å². The van der Waals surface area contributed by atoms with Crippen molar-refractivity contribution in [3.8, 4) is 185 Å². The molecule has 0 radical (unpaired) electrons. The predicted molar refractivity (Wildman–Crippen MR) is 397 cm³/mol. The Bertz CT molecular complexity index is 5390. The number of ether oxygens (including phenoxy) is 2. The number of hydrogen-bond acceptors (Lipinski definition) is 16. The summed E-state index contributed by atoms with van der Waals surface area (Å²) in [4.78, 5) is 30.5. The van der Waals surface area contributed by atoms with E-state index in [2.05, 4.69) is 60.7 Å². The van der Waals surface area contributed by atoms with Crippen molar-refractivity contribution in [2.75, 3.05) is 49.4 Å². The molecule has 0 bridgehead atoms. The number of aromatic nitrogens is 4. The number of nitrogen functional groups attached to an aromatic ring is 3. The molecule has 0 amide bonds. The van der Waals surface area contributed by atoms with E-state index >= 15 is 0 Å². The highest BCUT2D eigenvalue weighted by Gasteiger charge is 2.20. The summed E-state index contributed by atoms with van der Waals surface area (Å²) in [7, 11) is 3.13. The van der Waals surface area contributed by atoms with E-state index in [0.29, 0.717) is 95.5 Å². The van der Waals surface area contributed by atoms with Gasteiger partial charge in [-0.1, -0.05) is 60.1 Å². The molecule has 17 nitrogen and oxygen atoms in total. The van der Waals surface area contributed by atoms with Gasteiger partial charge in [0.25, 0.3) is 5.56 Å². The maximum Gasteiger partial charge on any atom is 0.264 e. The summed E-state index contributed by atoms with van der Waals surface area (Å²) in [5, 5.41) is 57.8. The monoisotopic (exact) mass is 1370 g/mol. The number of benzene rings is 8. The molecule has 20 heteroatoms. The quantitative estimate of drug-likeness (QED) is 0.0425. The molecule has 1 aliphatic rings. The number of rotatable bonds is 11. The number of hydrogen-bond donors (Lipinski definition) is 10. The van der Waals surface area contributed by atoms with E-state index in [1.807, 2.05) is 36.4 Å². The highest BCUT2D eigenvalue weighted by Crippen LogP contribution is 2.41. The van der Waals surface area contributed by atoms with Crippen LogP contribution in [0.5, 0.6) is 46.0 Å². The molecule has 5 heterocycles. The van der Waals surface area contributed by atoms with Crippen molar-refractivity contribution in [2.45, 2.75) is 19.3 Å². The number of halogens is 3. The number of aromatic amines is 1. The van der Waals surface area contributed by atoms with Crippen LogP contribution in [-0.4, -0.2) is 77.9 Å². The average Bonchev–Trinajstić information content (AvgIpc) is 0.808. The minimum atomic E-state index is -0.470. The highest BCUT2D eigenvalue weighted by atomic mass is 19.1. The Morgan fingerprint density at radius 2 is 0.709 bits per heavy atom. The molecule has 13 rings (SSSR count). The fourth-order valence-corrected chi connectivity index (χ4v) is 11.3. The van der Waals surface area contributed by atoms with Gasteiger partial charge in [-0.3, -0.25) is 4.79 Å². The maximum absolute atomic E-state index is 13.2. The molecule has 512 valence electrons. The summed E-state index contributed by atoms with van der Waals surface area (Å²) in [5.41, 5.74) is 30.6. The van der Waals surface area contributed by atoms with Crippen molar-refractivity contribution in [1.82, 2.24) is 19.9 Å². The van der Waals surface area contributed by atoms with Gasteiger partial charge < -0.3 is 67.2 Å². The van der Waals surface area contributed by atoms with E-state index in [9.17, 15) is 48.6 Å². The predicted octanol–water partition coefficient (Wildman–Crippen LogP) is 15.3. The van der Waals surface area contributed by atoms with E-state index in [1.165, 1.54) is 110 Å². The van der Waals surface area contributed by atoms with E-state index in [0.717, 1.165) is 35.3 Å². The summed E-state index contributed by atoms with van der Waals surface area (Å²) >= 11 is 0. The number of H-pyrrole nitrogens is 1.